The SMILES string of the molecule is CC(CS(C)(=O)=O)NCC1CCC=CO1. The molecule has 1 rings (SSSR count). The number of sulfone groups is 1. The van der Waals surface area contributed by atoms with Gasteiger partial charge in [-0.1, -0.05) is 0 Å². The summed E-state index contributed by atoms with van der Waals surface area (Å²) in [5, 5.41) is 3.17. The lowest BCUT2D eigenvalue weighted by Crippen LogP contribution is -2.38. The second-order valence-corrected chi connectivity index (χ2v) is 6.29. The van der Waals surface area contributed by atoms with Gasteiger partial charge in [-0.15, -0.1) is 0 Å². The van der Waals surface area contributed by atoms with E-state index in [1.54, 1.807) is 6.26 Å². The van der Waals surface area contributed by atoms with E-state index in [1.165, 1.54) is 6.26 Å². The van der Waals surface area contributed by atoms with Crippen molar-refractivity contribution in [3.63, 3.8) is 0 Å². The summed E-state index contributed by atoms with van der Waals surface area (Å²) >= 11 is 0. The number of nitrogens with one attached hydrogen (secondary N) is 1. The van der Waals surface area contributed by atoms with Crippen molar-refractivity contribution in [2.45, 2.75) is 31.9 Å². The van der Waals surface area contributed by atoms with Gasteiger partial charge < -0.3 is 10.1 Å². The second-order valence-electron chi connectivity index (χ2n) is 4.11. The van der Waals surface area contributed by atoms with Crippen LogP contribution < -0.4 is 5.32 Å². The Hall–Kier alpha value is -0.550. The summed E-state index contributed by atoms with van der Waals surface area (Å²) in [7, 11) is -2.89. The van der Waals surface area contributed by atoms with E-state index in [2.05, 4.69) is 5.32 Å². The molecule has 1 heterocycles. The molecule has 0 radical (unpaired) electrons. The number of rotatable bonds is 5. The van der Waals surface area contributed by atoms with Crippen LogP contribution in [0.25, 0.3) is 0 Å². The van der Waals surface area contributed by atoms with Crippen LogP contribution in [-0.2, 0) is 14.6 Å². The van der Waals surface area contributed by atoms with Gasteiger partial charge in [0.05, 0.1) is 12.0 Å². The van der Waals surface area contributed by atoms with Gasteiger partial charge in [0.25, 0.3) is 0 Å². The summed E-state index contributed by atoms with van der Waals surface area (Å²) in [6.07, 6.45) is 7.18. The van der Waals surface area contributed by atoms with Gasteiger partial charge in [0.15, 0.2) is 0 Å². The van der Waals surface area contributed by atoms with Crippen LogP contribution >= 0.6 is 0 Å². The topological polar surface area (TPSA) is 55.4 Å². The fraction of sp³-hybridized carbons (Fsp3) is 0.800. The van der Waals surface area contributed by atoms with E-state index in [9.17, 15) is 8.42 Å². The third-order valence-electron chi connectivity index (χ3n) is 2.27. The van der Waals surface area contributed by atoms with Crippen molar-refractivity contribution in [3.05, 3.63) is 12.3 Å². The maximum atomic E-state index is 11.0. The minimum atomic E-state index is -2.89. The highest BCUT2D eigenvalue weighted by Gasteiger charge is 2.14. The first-order valence-corrected chi connectivity index (χ1v) is 7.25. The van der Waals surface area contributed by atoms with Crippen LogP contribution in [0.1, 0.15) is 19.8 Å². The Morgan fingerprint density at radius 1 is 1.60 bits per heavy atom. The Morgan fingerprint density at radius 3 is 2.87 bits per heavy atom. The normalized spacial score (nSPS) is 23.5. The van der Waals surface area contributed by atoms with E-state index < -0.39 is 9.84 Å². The molecule has 1 aliphatic rings. The Kier molecular flexibility index (Phi) is 4.60. The first-order valence-electron chi connectivity index (χ1n) is 5.19. The van der Waals surface area contributed by atoms with E-state index in [0.29, 0.717) is 6.54 Å². The predicted octanol–water partition coefficient (Wildman–Crippen LogP) is 0.702. The molecule has 15 heavy (non-hydrogen) atoms. The Bertz CT molecular complexity index is 311. The monoisotopic (exact) mass is 233 g/mol. The Balaban J connectivity index is 2.21. The van der Waals surface area contributed by atoms with Crippen LogP contribution in [0.15, 0.2) is 12.3 Å². The van der Waals surface area contributed by atoms with Crippen LogP contribution in [0.4, 0.5) is 0 Å². The van der Waals surface area contributed by atoms with Gasteiger partial charge in [-0.25, -0.2) is 8.42 Å². The number of ether oxygens (including phenoxy) is 1. The molecule has 0 fully saturated rings. The van der Waals surface area contributed by atoms with Gasteiger partial charge in [-0.2, -0.15) is 0 Å². The van der Waals surface area contributed by atoms with Gasteiger partial charge >= 0.3 is 0 Å². The third kappa shape index (κ3) is 5.79. The van der Waals surface area contributed by atoms with Crippen LogP contribution in [0.3, 0.4) is 0 Å². The lowest BCUT2D eigenvalue weighted by Gasteiger charge is -2.22. The summed E-state index contributed by atoms with van der Waals surface area (Å²) in [5.74, 6) is 0.176. The van der Waals surface area contributed by atoms with Crippen LogP contribution in [0.2, 0.25) is 0 Å². The summed E-state index contributed by atoms with van der Waals surface area (Å²) in [4.78, 5) is 0. The van der Waals surface area contributed by atoms with Gasteiger partial charge in [-0.05, 0) is 25.8 Å². The highest BCUT2D eigenvalue weighted by Crippen LogP contribution is 2.09. The molecule has 0 aliphatic carbocycles. The molecule has 4 nitrogen and oxygen atoms in total. The van der Waals surface area contributed by atoms with Gasteiger partial charge in [0.1, 0.15) is 15.9 Å². The van der Waals surface area contributed by atoms with Crippen LogP contribution in [-0.4, -0.2) is 39.1 Å². The molecule has 0 aromatic rings. The average molecular weight is 233 g/mol. The molecule has 0 bridgehead atoms. The van der Waals surface area contributed by atoms with Crippen molar-refractivity contribution >= 4 is 9.84 Å². The molecule has 1 aliphatic heterocycles. The van der Waals surface area contributed by atoms with Gasteiger partial charge in [0.2, 0.25) is 0 Å². The smallest absolute Gasteiger partial charge is 0.148 e. The molecule has 1 N–H and O–H groups in total. The molecule has 0 amide bonds. The highest BCUT2D eigenvalue weighted by molar-refractivity contribution is 7.90. The molecule has 5 heteroatoms. The number of hydrogen-bond acceptors (Lipinski definition) is 4. The van der Waals surface area contributed by atoms with E-state index in [0.717, 1.165) is 12.8 Å². The highest BCUT2D eigenvalue weighted by atomic mass is 32.2. The zero-order chi connectivity index (χ0) is 11.3. The van der Waals surface area contributed by atoms with Crippen LogP contribution in [0.5, 0.6) is 0 Å². The lowest BCUT2D eigenvalue weighted by atomic mass is 10.1. The van der Waals surface area contributed by atoms with Crippen molar-refractivity contribution in [1.82, 2.24) is 5.32 Å². The van der Waals surface area contributed by atoms with Gasteiger partial charge in [-0.3, -0.25) is 0 Å². The van der Waals surface area contributed by atoms with E-state index >= 15 is 0 Å². The molecule has 0 spiro atoms. The molecule has 0 aromatic carbocycles. The lowest BCUT2D eigenvalue weighted by molar-refractivity contribution is 0.120. The average Bonchev–Trinajstić information content (AvgIpc) is 2.14. The van der Waals surface area contributed by atoms with Crippen LogP contribution in [0, 0.1) is 0 Å². The second kappa shape index (κ2) is 5.51. The van der Waals surface area contributed by atoms with Crippen molar-refractivity contribution in [2.75, 3.05) is 18.6 Å². The van der Waals surface area contributed by atoms with Crippen molar-refractivity contribution in [3.8, 4) is 0 Å². The fourth-order valence-electron chi connectivity index (χ4n) is 1.58. The summed E-state index contributed by atoms with van der Waals surface area (Å²) < 4.78 is 27.4. The summed E-state index contributed by atoms with van der Waals surface area (Å²) in [6, 6.07) is -0.0190. The summed E-state index contributed by atoms with van der Waals surface area (Å²) in [5.41, 5.74) is 0. The maximum Gasteiger partial charge on any atom is 0.148 e. The molecule has 0 saturated carbocycles. The molecule has 88 valence electrons. The molecule has 0 aromatic heterocycles. The Morgan fingerprint density at radius 2 is 2.33 bits per heavy atom. The first-order chi connectivity index (χ1) is 6.97. The number of hydrogen-bond donors (Lipinski definition) is 1. The molecule has 2 atom stereocenters. The first kappa shape index (κ1) is 12.5. The molecular formula is C10H19NO3S. The quantitative estimate of drug-likeness (QED) is 0.759. The zero-order valence-corrected chi connectivity index (χ0v) is 10.1. The van der Waals surface area contributed by atoms with E-state index in [-0.39, 0.29) is 17.9 Å². The van der Waals surface area contributed by atoms with E-state index in [4.69, 9.17) is 4.74 Å². The number of allylic oxidation sites excluding steroid dienone is 1. The zero-order valence-electron chi connectivity index (χ0n) is 9.27. The van der Waals surface area contributed by atoms with Crippen molar-refractivity contribution in [2.24, 2.45) is 0 Å². The fourth-order valence-corrected chi connectivity index (χ4v) is 2.61. The third-order valence-corrected chi connectivity index (χ3v) is 3.37. The molecular weight excluding hydrogens is 214 g/mol. The molecule has 0 saturated heterocycles. The minimum absolute atomic E-state index is 0.0190. The van der Waals surface area contributed by atoms with E-state index in [1.807, 2.05) is 13.0 Å². The van der Waals surface area contributed by atoms with Crippen molar-refractivity contribution < 1.29 is 13.2 Å². The molecule has 2 unspecified atom stereocenters. The predicted molar refractivity (Wildman–Crippen MR) is 60.4 cm³/mol. The van der Waals surface area contributed by atoms with Gasteiger partial charge in [0, 0.05) is 18.8 Å². The summed E-state index contributed by atoms with van der Waals surface area (Å²) in [6.45, 7) is 2.58. The largest absolute Gasteiger partial charge is 0.497 e. The Labute approximate surface area is 91.6 Å². The van der Waals surface area contributed by atoms with Crippen molar-refractivity contribution in [1.29, 1.82) is 0 Å². The maximum absolute atomic E-state index is 11.0. The minimum Gasteiger partial charge on any atom is -0.497 e. The standard InChI is InChI=1S/C10H19NO3S/c1-9(8-15(2,12)13)11-7-10-5-3-4-6-14-10/h4,6,9-11H,3,5,7-8H2,1-2H3.